The summed E-state index contributed by atoms with van der Waals surface area (Å²) in [6, 6.07) is 7.30. The second-order valence-electron chi connectivity index (χ2n) is 9.86. The van der Waals surface area contributed by atoms with E-state index in [0.717, 1.165) is 27.0 Å². The number of carbonyl (C=O) groups excluding carboxylic acids is 1. The molecule has 7 nitrogen and oxygen atoms in total. The SMILES string of the molecule is Cc1sc(-c2ccn(C)n2)nc1N1CCc2c(cc(-c3c(F)cccc3F)n2C(=O)OC(C)(C)C)C1. The Balaban J connectivity index is 1.56. The van der Waals surface area contributed by atoms with Gasteiger partial charge in [0.25, 0.3) is 0 Å². The number of thiazole rings is 1. The number of aromatic nitrogens is 4. The maximum absolute atomic E-state index is 14.8. The predicted octanol–water partition coefficient (Wildman–Crippen LogP) is 5.94. The Bertz CT molecular complexity index is 1440. The van der Waals surface area contributed by atoms with Gasteiger partial charge in [-0.2, -0.15) is 5.10 Å². The van der Waals surface area contributed by atoms with E-state index in [1.54, 1.807) is 42.9 Å². The Hall–Kier alpha value is -3.53. The molecule has 4 aromatic rings. The van der Waals surface area contributed by atoms with Crippen LogP contribution in [0.5, 0.6) is 0 Å². The highest BCUT2D eigenvalue weighted by Gasteiger charge is 2.32. The van der Waals surface area contributed by atoms with Crippen LogP contribution in [0.15, 0.2) is 36.5 Å². The normalized spacial score (nSPS) is 13.7. The van der Waals surface area contributed by atoms with Crippen LogP contribution in [0.25, 0.3) is 22.0 Å². The summed E-state index contributed by atoms with van der Waals surface area (Å²) in [5, 5.41) is 5.28. The first-order chi connectivity index (χ1) is 17.0. The number of benzene rings is 1. The standard InChI is InChI=1S/C26H27F2N5O2S/c1-15-23(29-24(36-15)19-9-11-31(5)30-19)32-12-10-20-16(14-32)13-21(22-17(27)7-6-8-18(22)28)33(20)25(34)35-26(2,3)4/h6-9,11,13H,10,12,14H2,1-5H3. The van der Waals surface area contributed by atoms with Crippen molar-refractivity contribution in [2.45, 2.75) is 46.3 Å². The van der Waals surface area contributed by atoms with E-state index in [1.807, 2.05) is 26.2 Å². The highest BCUT2D eigenvalue weighted by Crippen LogP contribution is 2.37. The average Bonchev–Trinajstić information content (AvgIpc) is 3.48. The molecule has 5 rings (SSSR count). The second-order valence-corrected chi connectivity index (χ2v) is 11.1. The smallest absolute Gasteiger partial charge is 0.419 e. The fourth-order valence-electron chi connectivity index (χ4n) is 4.48. The van der Waals surface area contributed by atoms with Crippen molar-refractivity contribution in [1.82, 2.24) is 19.3 Å². The molecule has 0 unspecified atom stereocenters. The lowest BCUT2D eigenvalue weighted by Crippen LogP contribution is -2.34. The molecular formula is C26H27F2N5O2S. The largest absolute Gasteiger partial charge is 0.443 e. The van der Waals surface area contributed by atoms with E-state index >= 15 is 0 Å². The van der Waals surface area contributed by atoms with Crippen molar-refractivity contribution in [3.63, 3.8) is 0 Å². The van der Waals surface area contributed by atoms with Crippen LogP contribution < -0.4 is 4.90 Å². The number of hydrogen-bond acceptors (Lipinski definition) is 6. The van der Waals surface area contributed by atoms with Crippen molar-refractivity contribution >= 4 is 23.2 Å². The Kier molecular flexibility index (Phi) is 5.94. The molecule has 0 bridgehead atoms. The molecule has 188 valence electrons. The fourth-order valence-corrected chi connectivity index (χ4v) is 5.38. The molecule has 0 saturated carbocycles. The molecule has 0 amide bonds. The third-order valence-electron chi connectivity index (χ3n) is 5.97. The van der Waals surface area contributed by atoms with Gasteiger partial charge in [-0.3, -0.25) is 4.68 Å². The quantitative estimate of drug-likeness (QED) is 0.340. The number of hydrogen-bond donors (Lipinski definition) is 0. The molecule has 0 atom stereocenters. The lowest BCUT2D eigenvalue weighted by Gasteiger charge is -2.29. The van der Waals surface area contributed by atoms with Crippen LogP contribution >= 0.6 is 11.3 Å². The first-order valence-corrected chi connectivity index (χ1v) is 12.5. The van der Waals surface area contributed by atoms with Gasteiger partial charge in [0, 0.05) is 43.3 Å². The third kappa shape index (κ3) is 4.41. The van der Waals surface area contributed by atoms with E-state index in [2.05, 4.69) is 10.00 Å². The Morgan fingerprint density at radius 1 is 1.17 bits per heavy atom. The maximum Gasteiger partial charge on any atom is 0.419 e. The van der Waals surface area contributed by atoms with Gasteiger partial charge in [-0.05, 0) is 57.5 Å². The maximum atomic E-state index is 14.8. The number of aryl methyl sites for hydroxylation is 2. The molecule has 4 heterocycles. The number of rotatable bonds is 3. The Labute approximate surface area is 211 Å². The molecular weight excluding hydrogens is 484 g/mol. The highest BCUT2D eigenvalue weighted by molar-refractivity contribution is 7.15. The molecule has 1 aromatic carbocycles. The van der Waals surface area contributed by atoms with Gasteiger partial charge in [-0.25, -0.2) is 23.1 Å². The van der Waals surface area contributed by atoms with Crippen LogP contribution in [0.3, 0.4) is 0 Å². The van der Waals surface area contributed by atoms with E-state index in [4.69, 9.17) is 9.72 Å². The van der Waals surface area contributed by atoms with E-state index in [1.165, 1.54) is 22.8 Å². The summed E-state index contributed by atoms with van der Waals surface area (Å²) in [6.07, 6.45) is 1.71. The number of nitrogens with zero attached hydrogens (tertiary/aromatic N) is 5. The van der Waals surface area contributed by atoms with Crippen LogP contribution in [0, 0.1) is 18.6 Å². The van der Waals surface area contributed by atoms with Crippen molar-refractivity contribution in [1.29, 1.82) is 0 Å². The lowest BCUT2D eigenvalue weighted by molar-refractivity contribution is 0.0535. The molecule has 0 aliphatic carbocycles. The minimum atomic E-state index is -0.764. The summed E-state index contributed by atoms with van der Waals surface area (Å²) >= 11 is 1.57. The zero-order valence-corrected chi connectivity index (χ0v) is 21.6. The minimum absolute atomic E-state index is 0.149. The van der Waals surface area contributed by atoms with Gasteiger partial charge in [-0.1, -0.05) is 6.07 Å². The summed E-state index contributed by atoms with van der Waals surface area (Å²) < 4.78 is 38.3. The first kappa shape index (κ1) is 24.2. The zero-order valence-electron chi connectivity index (χ0n) is 20.8. The summed E-state index contributed by atoms with van der Waals surface area (Å²) in [6.45, 7) is 8.33. The molecule has 36 heavy (non-hydrogen) atoms. The molecule has 0 spiro atoms. The third-order valence-corrected chi connectivity index (χ3v) is 6.95. The van der Waals surface area contributed by atoms with Crippen molar-refractivity contribution < 1.29 is 18.3 Å². The summed E-state index contributed by atoms with van der Waals surface area (Å²) in [7, 11) is 1.86. The molecule has 1 aliphatic rings. The monoisotopic (exact) mass is 511 g/mol. The van der Waals surface area contributed by atoms with Gasteiger partial charge < -0.3 is 9.64 Å². The minimum Gasteiger partial charge on any atom is -0.443 e. The van der Waals surface area contributed by atoms with Gasteiger partial charge in [-0.15, -0.1) is 11.3 Å². The van der Waals surface area contributed by atoms with Crippen LogP contribution in [-0.4, -0.2) is 37.6 Å². The van der Waals surface area contributed by atoms with Gasteiger partial charge in [0.1, 0.15) is 33.8 Å². The molecule has 10 heteroatoms. The fraction of sp³-hybridized carbons (Fsp3) is 0.346. The number of anilines is 1. The zero-order chi connectivity index (χ0) is 25.8. The average molecular weight is 512 g/mol. The van der Waals surface area contributed by atoms with Crippen molar-refractivity contribution in [2.24, 2.45) is 7.05 Å². The first-order valence-electron chi connectivity index (χ1n) is 11.7. The van der Waals surface area contributed by atoms with Crippen LogP contribution in [0.1, 0.15) is 36.9 Å². The number of carbonyl (C=O) groups is 1. The highest BCUT2D eigenvalue weighted by atomic mass is 32.1. The predicted molar refractivity (Wildman–Crippen MR) is 135 cm³/mol. The van der Waals surface area contributed by atoms with E-state index in [0.29, 0.717) is 25.2 Å². The van der Waals surface area contributed by atoms with Crippen LogP contribution in [-0.2, 0) is 24.8 Å². The van der Waals surface area contributed by atoms with Crippen LogP contribution in [0.2, 0.25) is 0 Å². The molecule has 0 fully saturated rings. The van der Waals surface area contributed by atoms with Crippen LogP contribution in [0.4, 0.5) is 19.4 Å². The Morgan fingerprint density at radius 2 is 1.89 bits per heavy atom. The van der Waals surface area contributed by atoms with Gasteiger partial charge in [0.2, 0.25) is 0 Å². The van der Waals surface area contributed by atoms with Gasteiger partial charge in [0.15, 0.2) is 0 Å². The van der Waals surface area contributed by atoms with Crippen molar-refractivity contribution in [3.8, 4) is 22.0 Å². The Morgan fingerprint density at radius 3 is 2.53 bits per heavy atom. The molecule has 0 saturated heterocycles. The molecule has 0 radical (unpaired) electrons. The van der Waals surface area contributed by atoms with Gasteiger partial charge in [0.05, 0.1) is 11.3 Å². The van der Waals surface area contributed by atoms with Crippen molar-refractivity contribution in [2.75, 3.05) is 11.4 Å². The van der Waals surface area contributed by atoms with Gasteiger partial charge >= 0.3 is 6.09 Å². The number of halogens is 2. The lowest BCUT2D eigenvalue weighted by atomic mass is 10.1. The van der Waals surface area contributed by atoms with Crippen molar-refractivity contribution in [3.05, 3.63) is 64.3 Å². The molecule has 0 N–H and O–H groups in total. The number of fused-ring (bicyclic) bond motifs is 1. The van der Waals surface area contributed by atoms with E-state index in [-0.39, 0.29) is 11.3 Å². The van der Waals surface area contributed by atoms with E-state index in [9.17, 15) is 13.6 Å². The van der Waals surface area contributed by atoms with E-state index < -0.39 is 23.3 Å². The number of ether oxygens (including phenoxy) is 1. The summed E-state index contributed by atoms with van der Waals surface area (Å²) in [4.78, 5) is 21.3. The topological polar surface area (TPSA) is 65.2 Å². The summed E-state index contributed by atoms with van der Waals surface area (Å²) in [5.41, 5.74) is 1.44. The second kappa shape index (κ2) is 8.85. The molecule has 3 aromatic heterocycles. The summed E-state index contributed by atoms with van der Waals surface area (Å²) in [5.74, 6) is -0.626. The molecule has 1 aliphatic heterocycles.